The van der Waals surface area contributed by atoms with Crippen LogP contribution in [0.2, 0.25) is 0 Å². The number of aromatic amines is 1. The Bertz CT molecular complexity index is 681. The number of anilines is 1. The van der Waals surface area contributed by atoms with Crippen molar-refractivity contribution in [1.29, 1.82) is 0 Å². The molecule has 0 bridgehead atoms. The molecule has 6 nitrogen and oxygen atoms in total. The maximum Gasteiger partial charge on any atom is 0.343 e. The number of carbonyl (C=O) groups is 1. The predicted molar refractivity (Wildman–Crippen MR) is 96.3 cm³/mol. The third-order valence-corrected chi connectivity index (χ3v) is 4.61. The van der Waals surface area contributed by atoms with Gasteiger partial charge in [0, 0.05) is 15.8 Å². The zero-order valence-electron chi connectivity index (χ0n) is 12.1. The van der Waals surface area contributed by atoms with Crippen molar-refractivity contribution in [3.05, 3.63) is 38.3 Å². The number of aromatic nitrogens is 3. The average molecular weight is 432 g/mol. The fourth-order valence-corrected chi connectivity index (χ4v) is 2.92. The van der Waals surface area contributed by atoms with Gasteiger partial charge in [0.15, 0.2) is 5.16 Å². The Balaban J connectivity index is 1.91. The van der Waals surface area contributed by atoms with Crippen molar-refractivity contribution in [2.75, 3.05) is 11.1 Å². The highest BCUT2D eigenvalue weighted by molar-refractivity contribution is 14.1. The highest BCUT2D eigenvalue weighted by atomic mass is 127. The van der Waals surface area contributed by atoms with Gasteiger partial charge in [0.1, 0.15) is 0 Å². The Labute approximate surface area is 146 Å². The summed E-state index contributed by atoms with van der Waals surface area (Å²) in [6.45, 7) is 2.68. The second-order valence-corrected chi connectivity index (χ2v) is 6.85. The number of H-pyrrole nitrogens is 1. The molecule has 0 saturated heterocycles. The van der Waals surface area contributed by atoms with Crippen LogP contribution in [0.15, 0.2) is 34.2 Å². The number of halogens is 1. The number of carbonyl (C=O) groups excluding carboxylic acids is 1. The summed E-state index contributed by atoms with van der Waals surface area (Å²) in [5.41, 5.74) is 0.533. The van der Waals surface area contributed by atoms with Gasteiger partial charge in [0.05, 0.1) is 5.75 Å². The lowest BCUT2D eigenvalue weighted by Gasteiger charge is -2.06. The molecule has 0 aliphatic rings. The van der Waals surface area contributed by atoms with E-state index in [0.717, 1.165) is 22.1 Å². The van der Waals surface area contributed by atoms with E-state index in [4.69, 9.17) is 0 Å². The molecule has 1 heterocycles. The number of nitrogens with one attached hydrogen (secondary N) is 2. The molecule has 2 N–H and O–H groups in total. The van der Waals surface area contributed by atoms with Gasteiger partial charge < -0.3 is 5.32 Å². The molecule has 0 aliphatic heterocycles. The fraction of sp³-hybridized carbons (Fsp3) is 0.357. The third-order valence-electron chi connectivity index (χ3n) is 2.92. The van der Waals surface area contributed by atoms with Crippen LogP contribution in [0, 0.1) is 3.57 Å². The quantitative estimate of drug-likeness (QED) is 0.521. The molecule has 0 saturated carbocycles. The molecule has 118 valence electrons. The van der Waals surface area contributed by atoms with Crippen molar-refractivity contribution >= 4 is 45.9 Å². The molecule has 1 aromatic heterocycles. The van der Waals surface area contributed by atoms with E-state index in [1.54, 1.807) is 4.57 Å². The number of hydrogen-bond acceptors (Lipinski definition) is 4. The van der Waals surface area contributed by atoms with Crippen LogP contribution in [-0.2, 0) is 11.3 Å². The first kappa shape index (κ1) is 17.1. The zero-order chi connectivity index (χ0) is 15.9. The van der Waals surface area contributed by atoms with Crippen molar-refractivity contribution in [2.24, 2.45) is 0 Å². The molecule has 0 atom stereocenters. The van der Waals surface area contributed by atoms with E-state index >= 15 is 0 Å². The van der Waals surface area contributed by atoms with E-state index in [2.05, 4.69) is 45.0 Å². The Morgan fingerprint density at radius 3 is 2.82 bits per heavy atom. The predicted octanol–water partition coefficient (Wildman–Crippen LogP) is 2.71. The summed E-state index contributed by atoms with van der Waals surface area (Å²) < 4.78 is 2.69. The highest BCUT2D eigenvalue weighted by Gasteiger charge is 2.11. The summed E-state index contributed by atoms with van der Waals surface area (Å²) in [6.07, 6.45) is 1.90. The summed E-state index contributed by atoms with van der Waals surface area (Å²) in [5.74, 6) is 0.0891. The first-order valence-corrected chi connectivity index (χ1v) is 9.00. The van der Waals surface area contributed by atoms with Crippen molar-refractivity contribution in [2.45, 2.75) is 31.5 Å². The van der Waals surface area contributed by atoms with Crippen LogP contribution in [0.4, 0.5) is 5.69 Å². The largest absolute Gasteiger partial charge is 0.343 e. The molecule has 0 fully saturated rings. The normalized spacial score (nSPS) is 10.6. The minimum Gasteiger partial charge on any atom is -0.325 e. The van der Waals surface area contributed by atoms with Crippen LogP contribution >= 0.6 is 34.4 Å². The first-order valence-electron chi connectivity index (χ1n) is 6.93. The number of thioether (sulfide) groups is 1. The lowest BCUT2D eigenvalue weighted by molar-refractivity contribution is -0.113. The van der Waals surface area contributed by atoms with Crippen molar-refractivity contribution in [3.8, 4) is 0 Å². The summed E-state index contributed by atoms with van der Waals surface area (Å²) in [5, 5.41) is 9.77. The molecule has 0 radical (unpaired) electrons. The minimum atomic E-state index is -0.228. The molecular formula is C14H17IN4O2S. The maximum atomic E-state index is 11.9. The molecule has 1 amide bonds. The van der Waals surface area contributed by atoms with E-state index < -0.39 is 0 Å². The number of benzene rings is 1. The number of amides is 1. The van der Waals surface area contributed by atoms with Crippen LogP contribution in [0.25, 0.3) is 0 Å². The number of nitrogens with zero attached hydrogens (tertiary/aromatic N) is 2. The van der Waals surface area contributed by atoms with Gasteiger partial charge in [-0.1, -0.05) is 25.1 Å². The van der Waals surface area contributed by atoms with Gasteiger partial charge in [-0.3, -0.25) is 9.36 Å². The minimum absolute atomic E-state index is 0.122. The van der Waals surface area contributed by atoms with Gasteiger partial charge in [0.2, 0.25) is 5.91 Å². The molecular weight excluding hydrogens is 415 g/mol. The van der Waals surface area contributed by atoms with Crippen LogP contribution in [-0.4, -0.2) is 26.4 Å². The van der Waals surface area contributed by atoms with Crippen LogP contribution < -0.4 is 11.0 Å². The van der Waals surface area contributed by atoms with E-state index in [1.165, 1.54) is 11.8 Å². The fourth-order valence-electron chi connectivity index (χ4n) is 1.79. The first-order chi connectivity index (χ1) is 10.6. The molecule has 0 spiro atoms. The second kappa shape index (κ2) is 8.37. The van der Waals surface area contributed by atoms with Gasteiger partial charge in [-0.05, 0) is 53.3 Å². The molecule has 2 aromatic rings. The average Bonchev–Trinajstić information content (AvgIpc) is 2.86. The molecule has 22 heavy (non-hydrogen) atoms. The molecule has 0 unspecified atom stereocenters. The summed E-state index contributed by atoms with van der Waals surface area (Å²) >= 11 is 3.47. The Morgan fingerprint density at radius 2 is 2.14 bits per heavy atom. The van der Waals surface area contributed by atoms with Crippen LogP contribution in [0.1, 0.15) is 19.8 Å². The molecule has 1 aromatic carbocycles. The van der Waals surface area contributed by atoms with Gasteiger partial charge in [-0.25, -0.2) is 9.89 Å². The van der Waals surface area contributed by atoms with Crippen molar-refractivity contribution in [1.82, 2.24) is 14.8 Å². The van der Waals surface area contributed by atoms with Crippen molar-refractivity contribution < 1.29 is 4.79 Å². The summed E-state index contributed by atoms with van der Waals surface area (Å²) in [7, 11) is 0. The lowest BCUT2D eigenvalue weighted by Crippen LogP contribution is -2.19. The Kier molecular flexibility index (Phi) is 6.49. The van der Waals surface area contributed by atoms with Crippen molar-refractivity contribution in [3.63, 3.8) is 0 Å². The zero-order valence-corrected chi connectivity index (χ0v) is 15.1. The molecule has 8 heteroatoms. The Hall–Kier alpha value is -1.29. The summed E-state index contributed by atoms with van der Waals surface area (Å²) in [6, 6.07) is 7.57. The third kappa shape index (κ3) is 4.87. The summed E-state index contributed by atoms with van der Waals surface area (Å²) in [4.78, 5) is 23.6. The van der Waals surface area contributed by atoms with E-state index in [0.29, 0.717) is 11.7 Å². The topological polar surface area (TPSA) is 79.8 Å². The number of hydrogen-bond donors (Lipinski definition) is 2. The Morgan fingerprint density at radius 1 is 1.41 bits per heavy atom. The molecule has 0 aliphatic carbocycles. The van der Waals surface area contributed by atoms with Crippen LogP contribution in [0.5, 0.6) is 0 Å². The van der Waals surface area contributed by atoms with E-state index in [-0.39, 0.29) is 17.3 Å². The highest BCUT2D eigenvalue weighted by Crippen LogP contribution is 2.15. The molecule has 2 rings (SSSR count). The SMILES string of the molecule is CCCCn1c(SCC(=O)Nc2ccc(I)cc2)n[nH]c1=O. The van der Waals surface area contributed by atoms with Crippen LogP contribution in [0.3, 0.4) is 0 Å². The number of unbranched alkanes of at least 4 members (excludes halogenated alkanes) is 1. The van der Waals surface area contributed by atoms with E-state index in [9.17, 15) is 9.59 Å². The lowest BCUT2D eigenvalue weighted by atomic mass is 10.3. The standard InChI is InChI=1S/C14H17IN4O2S/c1-2-3-8-19-13(21)17-18-14(19)22-9-12(20)16-11-6-4-10(15)5-7-11/h4-7H,2-3,8-9H2,1H3,(H,16,20)(H,17,21). The number of rotatable bonds is 7. The van der Waals surface area contributed by atoms with Gasteiger partial charge in [0.25, 0.3) is 0 Å². The monoisotopic (exact) mass is 432 g/mol. The van der Waals surface area contributed by atoms with E-state index in [1.807, 2.05) is 24.3 Å². The van der Waals surface area contributed by atoms with Gasteiger partial charge in [-0.15, -0.1) is 5.10 Å². The van der Waals surface area contributed by atoms with Gasteiger partial charge in [-0.2, -0.15) is 0 Å². The second-order valence-electron chi connectivity index (χ2n) is 4.66. The smallest absolute Gasteiger partial charge is 0.325 e. The van der Waals surface area contributed by atoms with Gasteiger partial charge >= 0.3 is 5.69 Å². The maximum absolute atomic E-state index is 11.9.